The highest BCUT2D eigenvalue weighted by Gasteiger charge is 2.10. The van der Waals surface area contributed by atoms with Gasteiger partial charge >= 0.3 is 5.97 Å². The summed E-state index contributed by atoms with van der Waals surface area (Å²) in [6.07, 6.45) is 0.712. The molecule has 0 aliphatic carbocycles. The van der Waals surface area contributed by atoms with E-state index in [9.17, 15) is 14.7 Å². The van der Waals surface area contributed by atoms with E-state index in [1.165, 1.54) is 0 Å². The maximum absolute atomic E-state index is 11.4. The minimum Gasteiger partial charge on any atom is -0.503 e. The molecule has 0 unspecified atom stereocenters. The zero-order valence-electron chi connectivity index (χ0n) is 9.56. The highest BCUT2D eigenvalue weighted by Crippen LogP contribution is 2.09. The van der Waals surface area contributed by atoms with Gasteiger partial charge in [-0.1, -0.05) is 17.7 Å². The first-order valence-electron chi connectivity index (χ1n) is 4.89. The summed E-state index contributed by atoms with van der Waals surface area (Å²) in [6.45, 7) is 1.92. The molecule has 0 bridgehead atoms. The molecule has 0 saturated heterocycles. The molecule has 17 heavy (non-hydrogen) atoms. The number of carbonyl (C=O) groups is 2. The van der Waals surface area contributed by atoms with E-state index in [1.54, 1.807) is 12.1 Å². The van der Waals surface area contributed by atoms with E-state index in [-0.39, 0.29) is 0 Å². The number of rotatable bonds is 3. The fourth-order valence-corrected chi connectivity index (χ4v) is 1.07. The molecule has 5 heteroatoms. The van der Waals surface area contributed by atoms with Gasteiger partial charge in [0, 0.05) is 5.69 Å². The molecule has 0 aromatic heterocycles. The molecule has 2 N–H and O–H groups in total. The number of amides is 1. The monoisotopic (exact) mass is 235 g/mol. The molecular weight excluding hydrogens is 222 g/mol. The van der Waals surface area contributed by atoms with Crippen LogP contribution in [0.3, 0.4) is 0 Å². The third-order valence-electron chi connectivity index (χ3n) is 2.00. The van der Waals surface area contributed by atoms with E-state index >= 15 is 0 Å². The third kappa shape index (κ3) is 3.98. The van der Waals surface area contributed by atoms with Crippen LogP contribution >= 0.6 is 0 Å². The number of ether oxygens (including phenoxy) is 1. The van der Waals surface area contributed by atoms with Crippen LogP contribution in [0.1, 0.15) is 5.56 Å². The summed E-state index contributed by atoms with van der Waals surface area (Å²) in [4.78, 5) is 22.2. The fraction of sp³-hybridized carbons (Fsp3) is 0.167. The Kier molecular flexibility index (Phi) is 4.28. The number of nitrogens with one attached hydrogen (secondary N) is 1. The SMILES string of the molecule is COC(=O)/C=C(\O)C(=O)Nc1ccc(C)cc1. The van der Waals surface area contributed by atoms with Crippen LogP contribution in [0.25, 0.3) is 0 Å². The summed E-state index contributed by atoms with van der Waals surface area (Å²) < 4.78 is 4.28. The second kappa shape index (κ2) is 5.69. The van der Waals surface area contributed by atoms with E-state index in [1.807, 2.05) is 19.1 Å². The highest BCUT2D eigenvalue weighted by atomic mass is 16.5. The number of carbonyl (C=O) groups excluding carboxylic acids is 2. The molecule has 0 spiro atoms. The Morgan fingerprint density at radius 2 is 1.88 bits per heavy atom. The smallest absolute Gasteiger partial charge is 0.334 e. The fourth-order valence-electron chi connectivity index (χ4n) is 1.07. The van der Waals surface area contributed by atoms with Gasteiger partial charge < -0.3 is 15.2 Å². The van der Waals surface area contributed by atoms with E-state index in [0.29, 0.717) is 11.8 Å². The van der Waals surface area contributed by atoms with Crippen molar-refractivity contribution in [2.75, 3.05) is 12.4 Å². The lowest BCUT2D eigenvalue weighted by Crippen LogP contribution is -2.15. The summed E-state index contributed by atoms with van der Waals surface area (Å²) in [5, 5.41) is 11.7. The molecule has 1 aromatic carbocycles. The van der Waals surface area contributed by atoms with Crippen LogP contribution in [-0.4, -0.2) is 24.1 Å². The summed E-state index contributed by atoms with van der Waals surface area (Å²) in [5.74, 6) is -2.25. The maximum Gasteiger partial charge on any atom is 0.334 e. The Morgan fingerprint density at radius 1 is 1.29 bits per heavy atom. The average Bonchev–Trinajstić information content (AvgIpc) is 2.31. The predicted molar refractivity (Wildman–Crippen MR) is 62.5 cm³/mol. The maximum atomic E-state index is 11.4. The number of benzene rings is 1. The van der Waals surface area contributed by atoms with Crippen molar-refractivity contribution >= 4 is 17.6 Å². The van der Waals surface area contributed by atoms with Crippen LogP contribution in [-0.2, 0) is 14.3 Å². The third-order valence-corrected chi connectivity index (χ3v) is 2.00. The van der Waals surface area contributed by atoms with Crippen molar-refractivity contribution in [2.45, 2.75) is 6.92 Å². The molecule has 1 amide bonds. The molecule has 0 aliphatic heterocycles. The van der Waals surface area contributed by atoms with Gasteiger partial charge in [-0.2, -0.15) is 0 Å². The second-order valence-electron chi connectivity index (χ2n) is 3.37. The minimum atomic E-state index is -0.790. The summed E-state index contributed by atoms with van der Waals surface area (Å²) in [7, 11) is 1.16. The normalized spacial score (nSPS) is 10.8. The van der Waals surface area contributed by atoms with Crippen LogP contribution in [0.2, 0.25) is 0 Å². The molecule has 90 valence electrons. The molecule has 5 nitrogen and oxygen atoms in total. The number of aryl methyl sites for hydroxylation is 1. The first-order valence-corrected chi connectivity index (χ1v) is 4.89. The zero-order chi connectivity index (χ0) is 12.8. The number of methoxy groups -OCH3 is 1. The van der Waals surface area contributed by atoms with Crippen molar-refractivity contribution < 1.29 is 19.4 Å². The van der Waals surface area contributed by atoms with Gasteiger partial charge in [0.2, 0.25) is 0 Å². The van der Waals surface area contributed by atoms with Gasteiger partial charge in [-0.3, -0.25) is 4.79 Å². The number of hydrogen-bond donors (Lipinski definition) is 2. The Balaban J connectivity index is 2.69. The second-order valence-corrected chi connectivity index (χ2v) is 3.37. The van der Waals surface area contributed by atoms with Gasteiger partial charge in [0.1, 0.15) is 0 Å². The molecule has 0 atom stereocenters. The van der Waals surface area contributed by atoms with Gasteiger partial charge in [-0.25, -0.2) is 4.79 Å². The largest absolute Gasteiger partial charge is 0.503 e. The zero-order valence-corrected chi connectivity index (χ0v) is 9.56. The van der Waals surface area contributed by atoms with Crippen LogP contribution < -0.4 is 5.32 Å². The van der Waals surface area contributed by atoms with Gasteiger partial charge in [0.25, 0.3) is 5.91 Å². The number of esters is 1. The molecule has 0 aliphatic rings. The summed E-state index contributed by atoms with van der Waals surface area (Å²) in [6, 6.07) is 7.02. The van der Waals surface area contributed by atoms with E-state index in [2.05, 4.69) is 10.1 Å². The van der Waals surface area contributed by atoms with Crippen molar-refractivity contribution in [3.8, 4) is 0 Å². The number of hydrogen-bond acceptors (Lipinski definition) is 4. The topological polar surface area (TPSA) is 75.6 Å². The molecule has 1 rings (SSSR count). The molecule has 1 aromatic rings. The minimum absolute atomic E-state index is 0.533. The summed E-state index contributed by atoms with van der Waals surface area (Å²) in [5.41, 5.74) is 1.59. The van der Waals surface area contributed by atoms with Crippen molar-refractivity contribution in [2.24, 2.45) is 0 Å². The van der Waals surface area contributed by atoms with Crippen molar-refractivity contribution in [3.05, 3.63) is 41.7 Å². The quantitative estimate of drug-likeness (QED) is 0.473. The van der Waals surface area contributed by atoms with Gasteiger partial charge in [0.05, 0.1) is 13.2 Å². The molecule has 0 radical (unpaired) electrons. The van der Waals surface area contributed by atoms with E-state index in [0.717, 1.165) is 12.7 Å². The average molecular weight is 235 g/mol. The Hall–Kier alpha value is -2.30. The Labute approximate surface area is 98.7 Å². The van der Waals surface area contributed by atoms with Crippen molar-refractivity contribution in [1.82, 2.24) is 0 Å². The molecule has 0 saturated carbocycles. The summed E-state index contributed by atoms with van der Waals surface area (Å²) >= 11 is 0. The Bertz CT molecular complexity index is 448. The van der Waals surface area contributed by atoms with Crippen molar-refractivity contribution in [3.63, 3.8) is 0 Å². The highest BCUT2D eigenvalue weighted by molar-refractivity contribution is 6.05. The van der Waals surface area contributed by atoms with Gasteiger partial charge in [0.15, 0.2) is 5.76 Å². The van der Waals surface area contributed by atoms with E-state index in [4.69, 9.17) is 0 Å². The predicted octanol–water partition coefficient (Wildman–Crippen LogP) is 1.55. The Morgan fingerprint density at radius 3 is 2.41 bits per heavy atom. The standard InChI is InChI=1S/C12H13NO4/c1-8-3-5-9(6-4-8)13-12(16)10(14)7-11(15)17-2/h3-7,14H,1-2H3,(H,13,16)/b10-7-. The van der Waals surface area contributed by atoms with Crippen LogP contribution in [0.5, 0.6) is 0 Å². The lowest BCUT2D eigenvalue weighted by atomic mass is 10.2. The first-order chi connectivity index (χ1) is 8.02. The van der Waals surface area contributed by atoms with E-state index < -0.39 is 17.6 Å². The first kappa shape index (κ1) is 12.8. The van der Waals surface area contributed by atoms with Crippen molar-refractivity contribution in [1.29, 1.82) is 0 Å². The van der Waals surface area contributed by atoms with Crippen LogP contribution in [0, 0.1) is 6.92 Å². The number of aliphatic hydroxyl groups excluding tert-OH is 1. The van der Waals surface area contributed by atoms with Crippen LogP contribution in [0.4, 0.5) is 5.69 Å². The van der Waals surface area contributed by atoms with Gasteiger partial charge in [-0.05, 0) is 19.1 Å². The number of anilines is 1. The molecular formula is C12H13NO4. The lowest BCUT2D eigenvalue weighted by Gasteiger charge is -2.04. The number of aliphatic hydroxyl groups is 1. The van der Waals surface area contributed by atoms with Gasteiger partial charge in [-0.15, -0.1) is 0 Å². The molecule has 0 fully saturated rings. The lowest BCUT2D eigenvalue weighted by molar-refractivity contribution is -0.135. The molecule has 0 heterocycles. The van der Waals surface area contributed by atoms with Crippen LogP contribution in [0.15, 0.2) is 36.1 Å².